The van der Waals surface area contributed by atoms with Crippen molar-refractivity contribution in [3.63, 3.8) is 0 Å². The van der Waals surface area contributed by atoms with Gasteiger partial charge in [0, 0.05) is 49.9 Å². The maximum Gasteiger partial charge on any atom is 0.229 e. The third kappa shape index (κ3) is 4.79. The van der Waals surface area contributed by atoms with Gasteiger partial charge in [-0.05, 0) is 36.4 Å². The fraction of sp³-hybridized carbons (Fsp3) is 0.455. The zero-order valence-corrected chi connectivity index (χ0v) is 17.3. The van der Waals surface area contributed by atoms with Crippen LogP contribution in [-0.4, -0.2) is 50.2 Å². The first-order valence-electron chi connectivity index (χ1n) is 10.2. The molecule has 0 saturated carbocycles. The number of aromatic nitrogens is 4. The topological polar surface area (TPSA) is 75.9 Å². The van der Waals surface area contributed by atoms with Crippen molar-refractivity contribution in [1.29, 1.82) is 0 Å². The van der Waals surface area contributed by atoms with Gasteiger partial charge in [-0.25, -0.2) is 9.97 Å². The molecule has 0 radical (unpaired) electrons. The Kier molecular flexibility index (Phi) is 5.58. The molecular weight excluding hydrogens is 364 g/mol. The van der Waals surface area contributed by atoms with Crippen molar-refractivity contribution in [1.82, 2.24) is 24.6 Å². The van der Waals surface area contributed by atoms with Gasteiger partial charge in [-0.2, -0.15) is 5.10 Å². The van der Waals surface area contributed by atoms with Crippen LogP contribution in [-0.2, 0) is 11.8 Å². The third-order valence-corrected chi connectivity index (χ3v) is 5.34. The number of rotatable bonds is 6. The normalized spacial score (nSPS) is 17.3. The maximum absolute atomic E-state index is 12.5. The van der Waals surface area contributed by atoms with Crippen molar-refractivity contribution < 1.29 is 4.79 Å². The number of likely N-dealkylation sites (tertiary alicyclic amines) is 1. The van der Waals surface area contributed by atoms with E-state index >= 15 is 0 Å². The summed E-state index contributed by atoms with van der Waals surface area (Å²) in [5.41, 5.74) is 2.88. The van der Waals surface area contributed by atoms with Crippen molar-refractivity contribution in [3.8, 4) is 11.1 Å². The van der Waals surface area contributed by atoms with Gasteiger partial charge in [-0.3, -0.25) is 14.8 Å². The van der Waals surface area contributed by atoms with E-state index in [1.54, 1.807) is 10.9 Å². The number of nitrogens with one attached hydrogen (secondary N) is 1. The van der Waals surface area contributed by atoms with E-state index in [2.05, 4.69) is 39.1 Å². The maximum atomic E-state index is 12.5. The second-order valence-corrected chi connectivity index (χ2v) is 8.43. The Balaban J connectivity index is 1.42. The lowest BCUT2D eigenvalue weighted by atomic mass is 10.0. The molecule has 1 N–H and O–H groups in total. The second-order valence-electron chi connectivity index (χ2n) is 8.43. The average Bonchev–Trinajstić information content (AvgIpc) is 3.29. The fourth-order valence-electron chi connectivity index (χ4n) is 4.03. The minimum Gasteiger partial charge on any atom is -0.303 e. The lowest BCUT2D eigenvalue weighted by molar-refractivity contribution is -0.117. The quantitative estimate of drug-likeness (QED) is 0.696. The molecule has 1 aromatic carbocycles. The molecular formula is C22H28N6O. The summed E-state index contributed by atoms with van der Waals surface area (Å²) >= 11 is 0. The summed E-state index contributed by atoms with van der Waals surface area (Å²) in [4.78, 5) is 23.8. The Morgan fingerprint density at radius 2 is 2.14 bits per heavy atom. The molecule has 4 rings (SSSR count). The number of hydrogen-bond donors (Lipinski definition) is 1. The van der Waals surface area contributed by atoms with E-state index in [0.29, 0.717) is 24.2 Å². The van der Waals surface area contributed by atoms with Crippen molar-refractivity contribution in [3.05, 3.63) is 36.8 Å². The molecule has 2 aromatic heterocycles. The Morgan fingerprint density at radius 1 is 1.28 bits per heavy atom. The lowest BCUT2D eigenvalue weighted by Crippen LogP contribution is -2.26. The van der Waals surface area contributed by atoms with E-state index in [9.17, 15) is 4.79 Å². The first-order chi connectivity index (χ1) is 14.0. The Bertz CT molecular complexity index is 1010. The summed E-state index contributed by atoms with van der Waals surface area (Å²) in [6, 6.07) is 6.03. The summed E-state index contributed by atoms with van der Waals surface area (Å²) < 4.78 is 1.77. The van der Waals surface area contributed by atoms with E-state index in [-0.39, 0.29) is 5.91 Å². The summed E-state index contributed by atoms with van der Waals surface area (Å²) in [5.74, 6) is 1.42. The zero-order chi connectivity index (χ0) is 20.4. The number of anilines is 1. The lowest BCUT2D eigenvalue weighted by Gasteiger charge is -2.18. The van der Waals surface area contributed by atoms with Gasteiger partial charge in [0.1, 0.15) is 0 Å². The van der Waals surface area contributed by atoms with Crippen LogP contribution < -0.4 is 5.32 Å². The van der Waals surface area contributed by atoms with E-state index in [1.807, 2.05) is 37.6 Å². The minimum absolute atomic E-state index is 0.0100. The average molecular weight is 393 g/mol. The number of carbonyl (C=O) groups is 1. The van der Waals surface area contributed by atoms with Crippen LogP contribution in [0.15, 0.2) is 36.8 Å². The summed E-state index contributed by atoms with van der Waals surface area (Å²) in [5, 5.41) is 8.05. The first-order valence-corrected chi connectivity index (χ1v) is 10.2. The smallest absolute Gasteiger partial charge is 0.229 e. The van der Waals surface area contributed by atoms with Gasteiger partial charge >= 0.3 is 0 Å². The van der Waals surface area contributed by atoms with Crippen LogP contribution in [0.1, 0.15) is 26.7 Å². The molecule has 1 fully saturated rings. The summed E-state index contributed by atoms with van der Waals surface area (Å²) in [7, 11) is 1.90. The molecule has 0 aliphatic carbocycles. The number of hydrogen-bond acceptors (Lipinski definition) is 5. The van der Waals surface area contributed by atoms with Gasteiger partial charge in [0.05, 0.1) is 11.7 Å². The van der Waals surface area contributed by atoms with Gasteiger partial charge in [0.25, 0.3) is 0 Å². The molecule has 152 valence electrons. The van der Waals surface area contributed by atoms with Crippen LogP contribution >= 0.6 is 0 Å². The molecule has 0 spiro atoms. The molecule has 0 bridgehead atoms. The predicted octanol–water partition coefficient (Wildman–Crippen LogP) is 3.34. The molecule has 1 atom stereocenters. The summed E-state index contributed by atoms with van der Waals surface area (Å²) in [6.07, 6.45) is 7.15. The Hall–Kier alpha value is -2.80. The van der Waals surface area contributed by atoms with Crippen LogP contribution in [0, 0.1) is 11.8 Å². The number of benzene rings is 1. The van der Waals surface area contributed by atoms with E-state index in [4.69, 9.17) is 0 Å². The third-order valence-electron chi connectivity index (χ3n) is 5.34. The zero-order valence-electron chi connectivity index (χ0n) is 17.3. The van der Waals surface area contributed by atoms with Crippen molar-refractivity contribution in [2.75, 3.05) is 25.0 Å². The van der Waals surface area contributed by atoms with Crippen LogP contribution in [0.3, 0.4) is 0 Å². The van der Waals surface area contributed by atoms with Crippen molar-refractivity contribution in [2.45, 2.75) is 26.7 Å². The van der Waals surface area contributed by atoms with E-state index in [1.165, 1.54) is 0 Å². The van der Waals surface area contributed by atoms with Crippen LogP contribution in [0.25, 0.3) is 22.0 Å². The van der Waals surface area contributed by atoms with Crippen molar-refractivity contribution >= 4 is 22.8 Å². The van der Waals surface area contributed by atoms with Gasteiger partial charge < -0.3 is 4.90 Å². The van der Waals surface area contributed by atoms with Crippen molar-refractivity contribution in [2.24, 2.45) is 18.9 Å². The highest BCUT2D eigenvalue weighted by Gasteiger charge is 2.25. The van der Waals surface area contributed by atoms with Gasteiger partial charge in [0.15, 0.2) is 0 Å². The molecule has 3 aromatic rings. The molecule has 3 heterocycles. The minimum atomic E-state index is -0.0100. The second kappa shape index (κ2) is 8.29. The molecule has 1 unspecified atom stereocenters. The molecule has 7 nitrogen and oxygen atoms in total. The number of aryl methyl sites for hydroxylation is 1. The fourth-order valence-corrected chi connectivity index (χ4v) is 4.03. The number of fused-ring (bicyclic) bond motifs is 1. The van der Waals surface area contributed by atoms with Gasteiger partial charge in [0.2, 0.25) is 11.9 Å². The molecule has 1 aliphatic rings. The van der Waals surface area contributed by atoms with Crippen LogP contribution in [0.2, 0.25) is 0 Å². The molecule has 7 heteroatoms. The number of carbonyl (C=O) groups excluding carboxylic acids is 1. The highest BCUT2D eigenvalue weighted by molar-refractivity contribution is 5.91. The monoisotopic (exact) mass is 392 g/mol. The van der Waals surface area contributed by atoms with E-state index < -0.39 is 0 Å². The highest BCUT2D eigenvalue weighted by Crippen LogP contribution is 2.24. The van der Waals surface area contributed by atoms with E-state index in [0.717, 1.165) is 48.1 Å². The molecule has 29 heavy (non-hydrogen) atoms. The SMILES string of the molecule is CC(C)CN1CCC(CC(=O)Nc2ncc3ccc(-c4cnn(C)c4)cc3n2)C1. The Morgan fingerprint density at radius 3 is 2.90 bits per heavy atom. The Labute approximate surface area is 171 Å². The summed E-state index contributed by atoms with van der Waals surface area (Å²) in [6.45, 7) is 7.65. The molecule has 1 aliphatic heterocycles. The van der Waals surface area contributed by atoms with Crippen LogP contribution in [0.5, 0.6) is 0 Å². The standard InChI is InChI=1S/C22H28N6O/c1-15(2)12-28-7-6-16(13-28)8-21(29)26-22-23-10-18-5-4-17(9-20(18)25-22)19-11-24-27(3)14-19/h4-5,9-11,14-16H,6-8,12-13H2,1-3H3,(H,23,25,26,29). The van der Waals surface area contributed by atoms with Crippen LogP contribution in [0.4, 0.5) is 5.95 Å². The molecule has 1 amide bonds. The largest absolute Gasteiger partial charge is 0.303 e. The predicted molar refractivity (Wildman–Crippen MR) is 114 cm³/mol. The first kappa shape index (κ1) is 19.5. The molecule has 1 saturated heterocycles. The van der Waals surface area contributed by atoms with Gasteiger partial charge in [-0.15, -0.1) is 0 Å². The highest BCUT2D eigenvalue weighted by atomic mass is 16.1. The number of amides is 1. The number of nitrogens with zero attached hydrogens (tertiary/aromatic N) is 5. The van der Waals surface area contributed by atoms with Gasteiger partial charge in [-0.1, -0.05) is 26.0 Å².